The van der Waals surface area contributed by atoms with E-state index in [1.165, 1.54) is 23.1 Å². The minimum atomic E-state index is -3.94. The third-order valence-corrected chi connectivity index (χ3v) is 7.66. The summed E-state index contributed by atoms with van der Waals surface area (Å²) >= 11 is 18.3. The Labute approximate surface area is 238 Å². The molecule has 0 unspecified atom stereocenters. The quantitative estimate of drug-likeness (QED) is 0.330. The number of halogens is 3. The maximum Gasteiger partial charge on any atom is 0.244 e. The second kappa shape index (κ2) is 13.3. The first-order valence-electron chi connectivity index (χ1n) is 11.8. The fourth-order valence-corrected chi connectivity index (χ4v) is 5.46. The van der Waals surface area contributed by atoms with Crippen LogP contribution in [0.25, 0.3) is 0 Å². The van der Waals surface area contributed by atoms with Gasteiger partial charge in [0.15, 0.2) is 0 Å². The molecule has 11 heteroatoms. The molecule has 0 spiro atoms. The molecule has 0 bridgehead atoms. The normalized spacial score (nSPS) is 12.0. The number of sulfonamides is 1. The smallest absolute Gasteiger partial charge is 0.244 e. The molecule has 0 aliphatic rings. The van der Waals surface area contributed by atoms with Gasteiger partial charge in [0, 0.05) is 29.6 Å². The summed E-state index contributed by atoms with van der Waals surface area (Å²) in [4.78, 5) is 28.6. The van der Waals surface area contributed by atoms with E-state index in [0.29, 0.717) is 16.6 Å². The maximum absolute atomic E-state index is 13.9. The number of anilines is 1. The zero-order valence-corrected chi connectivity index (χ0v) is 24.0. The van der Waals surface area contributed by atoms with Gasteiger partial charge in [-0.05, 0) is 48.4 Å². The van der Waals surface area contributed by atoms with Gasteiger partial charge in [0.1, 0.15) is 12.6 Å². The summed E-state index contributed by atoms with van der Waals surface area (Å²) in [5.74, 6) is -0.933. The predicted molar refractivity (Wildman–Crippen MR) is 153 cm³/mol. The molecule has 0 radical (unpaired) electrons. The summed E-state index contributed by atoms with van der Waals surface area (Å²) in [6.07, 6.45) is 1.21. The standard InChI is InChI=1S/C27H28Cl3N3O4S/c1-3-31-27(35)25(15-19-7-5-4-6-8-19)32(17-20-9-11-21(28)12-10-20)26(34)18-33(38(2,36)37)24-14-13-22(29)16-23(24)30/h4-14,16,25H,3,15,17-18H2,1-2H3,(H,31,35)/t25-/m1/s1. The van der Waals surface area contributed by atoms with Crippen LogP contribution in [0.4, 0.5) is 5.69 Å². The molecule has 1 atom stereocenters. The first-order valence-corrected chi connectivity index (χ1v) is 14.8. The third-order valence-electron chi connectivity index (χ3n) is 5.75. The van der Waals surface area contributed by atoms with E-state index >= 15 is 0 Å². The minimum Gasteiger partial charge on any atom is -0.355 e. The van der Waals surface area contributed by atoms with E-state index in [1.54, 1.807) is 31.2 Å². The molecular formula is C27H28Cl3N3O4S. The van der Waals surface area contributed by atoms with Crippen molar-refractivity contribution in [3.63, 3.8) is 0 Å². The highest BCUT2D eigenvalue weighted by atomic mass is 35.5. The molecule has 0 aromatic heterocycles. The molecule has 202 valence electrons. The molecular weight excluding hydrogens is 569 g/mol. The Morgan fingerprint density at radius 3 is 2.11 bits per heavy atom. The average Bonchev–Trinajstić information content (AvgIpc) is 2.86. The lowest BCUT2D eigenvalue weighted by molar-refractivity contribution is -0.140. The Bertz CT molecular complexity index is 1370. The SMILES string of the molecule is CCNC(=O)[C@@H](Cc1ccccc1)N(Cc1ccc(Cl)cc1)C(=O)CN(c1ccc(Cl)cc1Cl)S(C)(=O)=O. The Balaban J connectivity index is 2.05. The van der Waals surface area contributed by atoms with E-state index in [9.17, 15) is 18.0 Å². The van der Waals surface area contributed by atoms with Crippen molar-refractivity contribution >= 4 is 62.3 Å². The zero-order valence-electron chi connectivity index (χ0n) is 20.9. The number of nitrogens with one attached hydrogen (secondary N) is 1. The fourth-order valence-electron chi connectivity index (χ4n) is 3.91. The first kappa shape index (κ1) is 29.8. The van der Waals surface area contributed by atoms with Crippen LogP contribution in [0.5, 0.6) is 0 Å². The van der Waals surface area contributed by atoms with Gasteiger partial charge in [-0.3, -0.25) is 13.9 Å². The molecule has 0 aliphatic heterocycles. The van der Waals surface area contributed by atoms with E-state index in [4.69, 9.17) is 34.8 Å². The Morgan fingerprint density at radius 2 is 1.53 bits per heavy atom. The highest BCUT2D eigenvalue weighted by Gasteiger charge is 2.33. The van der Waals surface area contributed by atoms with E-state index < -0.39 is 28.5 Å². The van der Waals surface area contributed by atoms with E-state index in [1.807, 2.05) is 30.3 Å². The number of hydrogen-bond donors (Lipinski definition) is 1. The highest BCUT2D eigenvalue weighted by Crippen LogP contribution is 2.30. The summed E-state index contributed by atoms with van der Waals surface area (Å²) in [6.45, 7) is 1.63. The molecule has 3 rings (SSSR count). The van der Waals surface area contributed by atoms with Crippen LogP contribution < -0.4 is 9.62 Å². The molecule has 7 nitrogen and oxygen atoms in total. The van der Waals surface area contributed by atoms with Gasteiger partial charge in [-0.15, -0.1) is 0 Å². The summed E-state index contributed by atoms with van der Waals surface area (Å²) < 4.78 is 26.5. The van der Waals surface area contributed by atoms with Crippen molar-refractivity contribution in [1.82, 2.24) is 10.2 Å². The number of carbonyl (C=O) groups is 2. The van der Waals surface area contributed by atoms with Crippen LogP contribution >= 0.6 is 34.8 Å². The molecule has 0 heterocycles. The van der Waals surface area contributed by atoms with Crippen LogP contribution in [0.1, 0.15) is 18.1 Å². The van der Waals surface area contributed by atoms with Crippen molar-refractivity contribution in [2.24, 2.45) is 0 Å². The number of nitrogens with zero attached hydrogens (tertiary/aromatic N) is 2. The molecule has 1 N–H and O–H groups in total. The lowest BCUT2D eigenvalue weighted by atomic mass is 10.0. The molecule has 2 amide bonds. The summed E-state index contributed by atoms with van der Waals surface area (Å²) in [5, 5.41) is 3.72. The van der Waals surface area contributed by atoms with Crippen LogP contribution in [0.2, 0.25) is 15.1 Å². The van der Waals surface area contributed by atoms with Gasteiger partial charge in [0.2, 0.25) is 21.8 Å². The minimum absolute atomic E-state index is 0.0522. The molecule has 0 aliphatic carbocycles. The molecule has 0 saturated heterocycles. The van der Waals surface area contributed by atoms with Crippen molar-refractivity contribution in [2.75, 3.05) is 23.7 Å². The Hall–Kier alpha value is -2.78. The predicted octanol–water partition coefficient (Wildman–Crippen LogP) is 5.19. The van der Waals surface area contributed by atoms with Gasteiger partial charge >= 0.3 is 0 Å². The number of carbonyl (C=O) groups excluding carboxylic acids is 2. The summed E-state index contributed by atoms with van der Waals surface area (Å²) in [7, 11) is -3.94. The number of benzene rings is 3. The molecule has 3 aromatic rings. The van der Waals surface area contributed by atoms with E-state index in [0.717, 1.165) is 21.7 Å². The maximum atomic E-state index is 13.9. The van der Waals surface area contributed by atoms with Crippen LogP contribution in [0.15, 0.2) is 72.8 Å². The topological polar surface area (TPSA) is 86.8 Å². The van der Waals surface area contributed by atoms with Crippen molar-refractivity contribution in [3.8, 4) is 0 Å². The zero-order chi connectivity index (χ0) is 27.9. The number of rotatable bonds is 11. The van der Waals surface area contributed by atoms with Crippen molar-refractivity contribution < 1.29 is 18.0 Å². The number of likely N-dealkylation sites (N-methyl/N-ethyl adjacent to an activating group) is 1. The van der Waals surface area contributed by atoms with Crippen LogP contribution in [-0.4, -0.2) is 50.5 Å². The largest absolute Gasteiger partial charge is 0.355 e. The highest BCUT2D eigenvalue weighted by molar-refractivity contribution is 7.92. The third kappa shape index (κ3) is 8.11. The van der Waals surface area contributed by atoms with Crippen LogP contribution in [0, 0.1) is 0 Å². The molecule has 38 heavy (non-hydrogen) atoms. The molecule has 3 aromatic carbocycles. The van der Waals surface area contributed by atoms with Crippen molar-refractivity contribution in [1.29, 1.82) is 0 Å². The van der Waals surface area contributed by atoms with E-state index in [-0.39, 0.29) is 29.6 Å². The molecule has 0 fully saturated rings. The Kier molecular flexibility index (Phi) is 10.4. The van der Waals surface area contributed by atoms with Crippen LogP contribution in [0.3, 0.4) is 0 Å². The Morgan fingerprint density at radius 1 is 0.895 bits per heavy atom. The van der Waals surface area contributed by atoms with Gasteiger partial charge in [-0.2, -0.15) is 0 Å². The monoisotopic (exact) mass is 595 g/mol. The number of amides is 2. The van der Waals surface area contributed by atoms with Crippen molar-refractivity contribution in [3.05, 3.63) is 99.0 Å². The number of hydrogen-bond acceptors (Lipinski definition) is 4. The van der Waals surface area contributed by atoms with Crippen LogP contribution in [-0.2, 0) is 32.6 Å². The lowest BCUT2D eigenvalue weighted by Crippen LogP contribution is -2.53. The molecule has 0 saturated carbocycles. The van der Waals surface area contributed by atoms with Gasteiger partial charge in [0.25, 0.3) is 0 Å². The second-order valence-corrected chi connectivity index (χ2v) is 11.8. The summed E-state index contributed by atoms with van der Waals surface area (Å²) in [5.41, 5.74) is 1.68. The first-order chi connectivity index (χ1) is 18.0. The van der Waals surface area contributed by atoms with E-state index in [2.05, 4.69) is 5.32 Å². The average molecular weight is 597 g/mol. The summed E-state index contributed by atoms with van der Waals surface area (Å²) in [6, 6.07) is 19.6. The van der Waals surface area contributed by atoms with Gasteiger partial charge in [-0.25, -0.2) is 8.42 Å². The van der Waals surface area contributed by atoms with Gasteiger partial charge < -0.3 is 10.2 Å². The van der Waals surface area contributed by atoms with Crippen molar-refractivity contribution in [2.45, 2.75) is 25.9 Å². The fraction of sp³-hybridized carbons (Fsp3) is 0.259. The van der Waals surface area contributed by atoms with Gasteiger partial charge in [0.05, 0.1) is 17.0 Å². The lowest BCUT2D eigenvalue weighted by Gasteiger charge is -2.33. The second-order valence-electron chi connectivity index (χ2n) is 8.61. The van der Waals surface area contributed by atoms with Gasteiger partial charge in [-0.1, -0.05) is 77.3 Å².